The summed E-state index contributed by atoms with van der Waals surface area (Å²) in [6.45, 7) is 4.16. The number of hydrogen-bond acceptors (Lipinski definition) is 4. The predicted molar refractivity (Wildman–Crippen MR) is 92.2 cm³/mol. The van der Waals surface area contributed by atoms with E-state index in [1.165, 1.54) is 0 Å². The average molecular weight is 312 g/mol. The molecule has 0 fully saturated rings. The minimum absolute atomic E-state index is 0.131. The first-order valence-electron chi connectivity index (χ1n) is 7.23. The molecule has 0 spiro atoms. The number of amides is 1. The molecule has 0 aliphatic rings. The summed E-state index contributed by atoms with van der Waals surface area (Å²) in [5.41, 5.74) is 1.45. The zero-order valence-corrected chi connectivity index (χ0v) is 13.0. The lowest BCUT2D eigenvalue weighted by Crippen LogP contribution is -2.22. The third-order valence-electron chi connectivity index (χ3n) is 3.04. The van der Waals surface area contributed by atoms with Gasteiger partial charge in [0.05, 0.1) is 19.3 Å². The van der Waals surface area contributed by atoms with Crippen LogP contribution in [-0.4, -0.2) is 26.2 Å². The Morgan fingerprint density at radius 2 is 2.04 bits per heavy atom. The second kappa shape index (κ2) is 8.48. The molecule has 5 heteroatoms. The molecule has 0 atom stereocenters. The van der Waals surface area contributed by atoms with Gasteiger partial charge < -0.3 is 20.1 Å². The van der Waals surface area contributed by atoms with E-state index < -0.39 is 0 Å². The van der Waals surface area contributed by atoms with Crippen molar-refractivity contribution in [1.29, 1.82) is 0 Å². The van der Waals surface area contributed by atoms with E-state index in [1.54, 1.807) is 19.3 Å². The van der Waals surface area contributed by atoms with Crippen molar-refractivity contribution in [3.63, 3.8) is 0 Å². The van der Waals surface area contributed by atoms with Crippen LogP contribution in [0, 0.1) is 0 Å². The third-order valence-corrected chi connectivity index (χ3v) is 3.04. The Labute approximate surface area is 135 Å². The molecule has 2 N–H and O–H groups in total. The molecule has 2 rings (SSSR count). The number of benzene rings is 2. The predicted octanol–water partition coefficient (Wildman–Crippen LogP) is 3.31. The Hall–Kier alpha value is -2.95. The quantitative estimate of drug-likeness (QED) is 0.734. The number of para-hydroxylation sites is 2. The Kier molecular flexibility index (Phi) is 6.06. The summed E-state index contributed by atoms with van der Waals surface area (Å²) in [6.07, 6.45) is 1.67. The van der Waals surface area contributed by atoms with Crippen molar-refractivity contribution >= 4 is 17.3 Å². The Morgan fingerprint density at radius 1 is 1.22 bits per heavy atom. The van der Waals surface area contributed by atoms with Crippen molar-refractivity contribution in [1.82, 2.24) is 0 Å². The summed E-state index contributed by atoms with van der Waals surface area (Å²) in [7, 11) is 1.59. The molecule has 0 heterocycles. The second-order valence-electron chi connectivity index (χ2n) is 4.73. The van der Waals surface area contributed by atoms with Gasteiger partial charge in [-0.15, -0.1) is 0 Å². The Balaban J connectivity index is 1.92. The van der Waals surface area contributed by atoms with Crippen molar-refractivity contribution in [2.75, 3.05) is 30.9 Å². The molecule has 0 saturated carbocycles. The van der Waals surface area contributed by atoms with E-state index in [0.717, 1.165) is 5.69 Å². The summed E-state index contributed by atoms with van der Waals surface area (Å²) in [5.74, 6) is 1.22. The monoisotopic (exact) mass is 312 g/mol. The van der Waals surface area contributed by atoms with Gasteiger partial charge in [-0.1, -0.05) is 30.9 Å². The van der Waals surface area contributed by atoms with Gasteiger partial charge in [-0.3, -0.25) is 4.79 Å². The number of nitrogens with one attached hydrogen (secondary N) is 2. The highest BCUT2D eigenvalue weighted by Gasteiger charge is 2.06. The molecule has 2 aromatic carbocycles. The van der Waals surface area contributed by atoms with Crippen LogP contribution in [0.5, 0.6) is 11.5 Å². The van der Waals surface area contributed by atoms with E-state index in [1.807, 2.05) is 42.5 Å². The first kappa shape index (κ1) is 16.4. The molecule has 2 aromatic rings. The van der Waals surface area contributed by atoms with Crippen LogP contribution in [0.2, 0.25) is 0 Å². The number of anilines is 2. The molecule has 0 aromatic heterocycles. The molecule has 0 unspecified atom stereocenters. The SMILES string of the molecule is C=CCOc1ccccc1NCC(=O)Nc1cccc(OC)c1. The first-order chi connectivity index (χ1) is 11.2. The standard InChI is InChI=1S/C18H20N2O3/c1-3-11-23-17-10-5-4-9-16(17)19-13-18(21)20-14-7-6-8-15(12-14)22-2/h3-10,12,19H,1,11,13H2,2H3,(H,20,21). The van der Waals surface area contributed by atoms with Crippen molar-refractivity contribution in [2.45, 2.75) is 0 Å². The Bertz CT molecular complexity index is 671. The summed E-state index contributed by atoms with van der Waals surface area (Å²) in [5, 5.41) is 5.88. The minimum Gasteiger partial charge on any atom is -0.497 e. The molecule has 0 saturated heterocycles. The van der Waals surface area contributed by atoms with Gasteiger partial charge in [0.1, 0.15) is 18.1 Å². The molecule has 0 radical (unpaired) electrons. The van der Waals surface area contributed by atoms with Crippen LogP contribution in [0.15, 0.2) is 61.2 Å². The summed E-state index contributed by atoms with van der Waals surface area (Å²) in [4.78, 5) is 12.0. The number of carbonyl (C=O) groups is 1. The van der Waals surface area contributed by atoms with Crippen molar-refractivity contribution < 1.29 is 14.3 Å². The topological polar surface area (TPSA) is 59.6 Å². The van der Waals surface area contributed by atoms with Crippen LogP contribution >= 0.6 is 0 Å². The first-order valence-corrected chi connectivity index (χ1v) is 7.23. The third kappa shape index (κ3) is 5.07. The van der Waals surface area contributed by atoms with Gasteiger partial charge >= 0.3 is 0 Å². The smallest absolute Gasteiger partial charge is 0.243 e. The van der Waals surface area contributed by atoms with E-state index in [-0.39, 0.29) is 12.5 Å². The molecule has 0 aliphatic heterocycles. The fourth-order valence-corrected chi connectivity index (χ4v) is 1.97. The normalized spacial score (nSPS) is 9.78. The van der Waals surface area contributed by atoms with Crippen molar-refractivity contribution in [2.24, 2.45) is 0 Å². The van der Waals surface area contributed by atoms with Gasteiger partial charge in [0, 0.05) is 11.8 Å². The van der Waals surface area contributed by atoms with Crippen LogP contribution in [-0.2, 0) is 4.79 Å². The number of rotatable bonds is 8. The number of carbonyl (C=O) groups excluding carboxylic acids is 1. The maximum atomic E-state index is 12.0. The highest BCUT2D eigenvalue weighted by molar-refractivity contribution is 5.94. The van der Waals surface area contributed by atoms with E-state index in [9.17, 15) is 4.79 Å². The molecule has 0 bridgehead atoms. The second-order valence-corrected chi connectivity index (χ2v) is 4.73. The zero-order chi connectivity index (χ0) is 16.5. The van der Waals surface area contributed by atoms with Crippen LogP contribution in [0.25, 0.3) is 0 Å². The fraction of sp³-hybridized carbons (Fsp3) is 0.167. The maximum Gasteiger partial charge on any atom is 0.243 e. The van der Waals surface area contributed by atoms with E-state index >= 15 is 0 Å². The highest BCUT2D eigenvalue weighted by Crippen LogP contribution is 2.23. The maximum absolute atomic E-state index is 12.0. The number of ether oxygens (including phenoxy) is 2. The van der Waals surface area contributed by atoms with Crippen molar-refractivity contribution in [3.8, 4) is 11.5 Å². The van der Waals surface area contributed by atoms with E-state index in [0.29, 0.717) is 23.8 Å². The van der Waals surface area contributed by atoms with Crippen LogP contribution < -0.4 is 20.1 Å². The van der Waals surface area contributed by atoms with E-state index in [4.69, 9.17) is 9.47 Å². The molecule has 1 amide bonds. The Morgan fingerprint density at radius 3 is 2.83 bits per heavy atom. The summed E-state index contributed by atoms with van der Waals surface area (Å²) in [6, 6.07) is 14.7. The van der Waals surface area contributed by atoms with Crippen LogP contribution in [0.4, 0.5) is 11.4 Å². The van der Waals surface area contributed by atoms with Gasteiger partial charge in [-0.2, -0.15) is 0 Å². The van der Waals surface area contributed by atoms with Gasteiger partial charge in [-0.05, 0) is 24.3 Å². The lowest BCUT2D eigenvalue weighted by atomic mass is 10.3. The van der Waals surface area contributed by atoms with Gasteiger partial charge in [-0.25, -0.2) is 0 Å². The lowest BCUT2D eigenvalue weighted by molar-refractivity contribution is -0.114. The summed E-state index contributed by atoms with van der Waals surface area (Å²) < 4.78 is 10.7. The minimum atomic E-state index is -0.156. The van der Waals surface area contributed by atoms with Gasteiger partial charge in [0.25, 0.3) is 0 Å². The van der Waals surface area contributed by atoms with Crippen molar-refractivity contribution in [3.05, 3.63) is 61.2 Å². The zero-order valence-electron chi connectivity index (χ0n) is 13.0. The number of hydrogen-bond donors (Lipinski definition) is 2. The van der Waals surface area contributed by atoms with Gasteiger partial charge in [0.2, 0.25) is 5.91 Å². The molecular weight excluding hydrogens is 292 g/mol. The molecule has 5 nitrogen and oxygen atoms in total. The highest BCUT2D eigenvalue weighted by atomic mass is 16.5. The molecule has 120 valence electrons. The van der Waals surface area contributed by atoms with Crippen LogP contribution in [0.1, 0.15) is 0 Å². The van der Waals surface area contributed by atoms with Gasteiger partial charge in [0.15, 0.2) is 0 Å². The largest absolute Gasteiger partial charge is 0.497 e. The lowest BCUT2D eigenvalue weighted by Gasteiger charge is -2.12. The molecule has 0 aliphatic carbocycles. The fourth-order valence-electron chi connectivity index (χ4n) is 1.97. The van der Waals surface area contributed by atoms with E-state index in [2.05, 4.69) is 17.2 Å². The van der Waals surface area contributed by atoms with Crippen LogP contribution in [0.3, 0.4) is 0 Å². The molecule has 23 heavy (non-hydrogen) atoms. The number of methoxy groups -OCH3 is 1. The molecular formula is C18H20N2O3. The average Bonchev–Trinajstić information content (AvgIpc) is 2.59. The summed E-state index contributed by atoms with van der Waals surface area (Å²) >= 11 is 0.